The Labute approximate surface area is 76.7 Å². The summed E-state index contributed by atoms with van der Waals surface area (Å²) in [6.45, 7) is 3.94. The van der Waals surface area contributed by atoms with Gasteiger partial charge in [0.2, 0.25) is 0 Å². The molecular weight excluding hydrogens is 174 g/mol. The van der Waals surface area contributed by atoms with Gasteiger partial charge < -0.3 is 10.8 Å². The van der Waals surface area contributed by atoms with Crippen molar-refractivity contribution in [2.24, 2.45) is 11.7 Å². The minimum atomic E-state index is -0.995. The van der Waals surface area contributed by atoms with Crippen LogP contribution in [0, 0.1) is 5.92 Å². The lowest BCUT2D eigenvalue weighted by molar-refractivity contribution is -0.145. The Bertz CT molecular complexity index is 197. The van der Waals surface area contributed by atoms with Crippen molar-refractivity contribution in [1.82, 2.24) is 0 Å². The van der Waals surface area contributed by atoms with Gasteiger partial charge in [0, 0.05) is 5.25 Å². The Balaban J connectivity index is 2.77. The van der Waals surface area contributed by atoms with Gasteiger partial charge in [0.15, 0.2) is 0 Å². The fourth-order valence-electron chi connectivity index (χ4n) is 1.49. The molecule has 0 saturated carbocycles. The molecule has 0 amide bonds. The van der Waals surface area contributed by atoms with Crippen LogP contribution in [0.15, 0.2) is 0 Å². The summed E-state index contributed by atoms with van der Waals surface area (Å²) in [5, 5.41) is 9.31. The topological polar surface area (TPSA) is 63.3 Å². The zero-order valence-corrected chi connectivity index (χ0v) is 8.23. The highest BCUT2D eigenvalue weighted by molar-refractivity contribution is 7.99. The Morgan fingerprint density at radius 2 is 2.25 bits per heavy atom. The summed E-state index contributed by atoms with van der Waals surface area (Å²) in [6, 6.07) is 0. The molecule has 70 valence electrons. The van der Waals surface area contributed by atoms with Crippen LogP contribution >= 0.6 is 11.8 Å². The second-order valence-corrected chi connectivity index (χ2v) is 5.07. The van der Waals surface area contributed by atoms with E-state index in [-0.39, 0.29) is 5.92 Å². The molecule has 4 heteroatoms. The van der Waals surface area contributed by atoms with Gasteiger partial charge in [-0.25, -0.2) is 0 Å². The van der Waals surface area contributed by atoms with Crippen molar-refractivity contribution >= 4 is 17.7 Å². The molecular formula is C8H15NO2S. The number of thioether (sulfide) groups is 1. The van der Waals surface area contributed by atoms with Gasteiger partial charge in [0.1, 0.15) is 5.54 Å². The Morgan fingerprint density at radius 1 is 1.67 bits per heavy atom. The molecule has 0 aromatic heterocycles. The number of aliphatic carboxylic acids is 1. The smallest absolute Gasteiger partial charge is 0.324 e. The van der Waals surface area contributed by atoms with E-state index in [9.17, 15) is 4.79 Å². The first-order chi connectivity index (χ1) is 5.47. The van der Waals surface area contributed by atoms with Crippen LogP contribution in [0.5, 0.6) is 0 Å². The summed E-state index contributed by atoms with van der Waals surface area (Å²) in [5.74, 6) is 0.0580. The minimum Gasteiger partial charge on any atom is -0.480 e. The van der Waals surface area contributed by atoms with Gasteiger partial charge in [0.25, 0.3) is 0 Å². The molecule has 0 aromatic carbocycles. The first-order valence-electron chi connectivity index (χ1n) is 4.10. The molecule has 1 rings (SSSR count). The fraction of sp³-hybridized carbons (Fsp3) is 0.875. The van der Waals surface area contributed by atoms with Crippen molar-refractivity contribution in [3.8, 4) is 0 Å². The summed E-state index contributed by atoms with van der Waals surface area (Å²) in [6.07, 6.45) is 0.578. The standard InChI is InChI=1S/C8H15NO2S/c1-5-4-12-6(2)3-8(5,9)7(10)11/h5-6H,3-4,9H2,1-2H3,(H,10,11)/t5-,6+,8+/m1/s1. The van der Waals surface area contributed by atoms with Gasteiger partial charge in [-0.05, 0) is 18.1 Å². The molecule has 3 nitrogen and oxygen atoms in total. The number of hydrogen-bond acceptors (Lipinski definition) is 3. The van der Waals surface area contributed by atoms with Crippen LogP contribution in [0.25, 0.3) is 0 Å². The molecule has 3 atom stereocenters. The van der Waals surface area contributed by atoms with E-state index in [1.54, 1.807) is 11.8 Å². The monoisotopic (exact) mass is 189 g/mol. The highest BCUT2D eigenvalue weighted by atomic mass is 32.2. The number of hydrogen-bond donors (Lipinski definition) is 2. The summed E-state index contributed by atoms with van der Waals surface area (Å²) >= 11 is 1.80. The maximum atomic E-state index is 10.9. The molecule has 1 aliphatic rings. The van der Waals surface area contributed by atoms with Gasteiger partial charge in [-0.1, -0.05) is 13.8 Å². The van der Waals surface area contributed by atoms with Crippen LogP contribution in [0.2, 0.25) is 0 Å². The van der Waals surface area contributed by atoms with Crippen LogP contribution < -0.4 is 5.73 Å². The normalized spacial score (nSPS) is 42.6. The predicted octanol–water partition coefficient (Wildman–Crippen LogP) is 0.930. The van der Waals surface area contributed by atoms with E-state index in [1.165, 1.54) is 0 Å². The van der Waals surface area contributed by atoms with Crippen molar-refractivity contribution < 1.29 is 9.90 Å². The highest BCUT2D eigenvalue weighted by Crippen LogP contribution is 2.35. The third kappa shape index (κ3) is 1.59. The van der Waals surface area contributed by atoms with Gasteiger partial charge in [-0.15, -0.1) is 0 Å². The molecule has 0 spiro atoms. The Morgan fingerprint density at radius 3 is 2.67 bits per heavy atom. The van der Waals surface area contributed by atoms with Crippen molar-refractivity contribution in [1.29, 1.82) is 0 Å². The van der Waals surface area contributed by atoms with Crippen molar-refractivity contribution in [3.05, 3.63) is 0 Å². The lowest BCUT2D eigenvalue weighted by atomic mass is 9.83. The first kappa shape index (κ1) is 9.86. The van der Waals surface area contributed by atoms with E-state index in [4.69, 9.17) is 10.8 Å². The third-order valence-electron chi connectivity index (χ3n) is 2.53. The number of carbonyl (C=O) groups is 1. The van der Waals surface area contributed by atoms with Gasteiger partial charge in [-0.3, -0.25) is 4.79 Å². The van der Waals surface area contributed by atoms with Gasteiger partial charge in [0.05, 0.1) is 0 Å². The summed E-state index contributed by atoms with van der Waals surface area (Å²) in [4.78, 5) is 10.9. The lowest BCUT2D eigenvalue weighted by Gasteiger charge is -2.38. The molecule has 0 bridgehead atoms. The molecule has 0 unspecified atom stereocenters. The first-order valence-corrected chi connectivity index (χ1v) is 5.15. The van der Waals surface area contributed by atoms with Crippen molar-refractivity contribution in [2.45, 2.75) is 31.1 Å². The summed E-state index contributed by atoms with van der Waals surface area (Å²) in [5.41, 5.74) is 4.83. The number of carboxylic acids is 1. The zero-order valence-electron chi connectivity index (χ0n) is 7.41. The van der Waals surface area contributed by atoms with Crippen LogP contribution in [0.1, 0.15) is 20.3 Å². The molecule has 1 aliphatic heterocycles. The largest absolute Gasteiger partial charge is 0.480 e. The molecule has 1 saturated heterocycles. The van der Waals surface area contributed by atoms with Crippen molar-refractivity contribution in [2.75, 3.05) is 5.75 Å². The van der Waals surface area contributed by atoms with Crippen LogP contribution in [-0.2, 0) is 4.79 Å². The maximum absolute atomic E-state index is 10.9. The summed E-state index contributed by atoms with van der Waals surface area (Å²) in [7, 11) is 0. The van der Waals surface area contributed by atoms with Gasteiger partial charge in [-0.2, -0.15) is 11.8 Å². The van der Waals surface area contributed by atoms with Crippen LogP contribution in [0.4, 0.5) is 0 Å². The number of rotatable bonds is 1. The van der Waals surface area contributed by atoms with Crippen LogP contribution in [0.3, 0.4) is 0 Å². The molecule has 0 aliphatic carbocycles. The quantitative estimate of drug-likeness (QED) is 0.644. The predicted molar refractivity (Wildman–Crippen MR) is 50.3 cm³/mol. The SMILES string of the molecule is C[C@@H]1CS[C@@H](C)C[C@@]1(N)C(=O)O. The molecule has 0 radical (unpaired) electrons. The zero-order chi connectivity index (χ0) is 9.35. The number of nitrogens with two attached hydrogens (primary N) is 1. The fourth-order valence-corrected chi connectivity index (χ4v) is 2.80. The Hall–Kier alpha value is -0.220. The maximum Gasteiger partial charge on any atom is 0.324 e. The molecule has 3 N–H and O–H groups in total. The molecule has 1 fully saturated rings. The second-order valence-electron chi connectivity index (χ2n) is 3.59. The van der Waals surface area contributed by atoms with E-state index in [0.717, 1.165) is 5.75 Å². The van der Waals surface area contributed by atoms with Crippen LogP contribution in [-0.4, -0.2) is 27.6 Å². The number of carboxylic acid groups (broad SMARTS) is 1. The average Bonchev–Trinajstić information content (AvgIpc) is 1.97. The van der Waals surface area contributed by atoms with E-state index >= 15 is 0 Å². The highest BCUT2D eigenvalue weighted by Gasteiger charge is 2.43. The Kier molecular flexibility index (Phi) is 2.68. The second kappa shape index (κ2) is 3.26. The molecule has 0 aromatic rings. The van der Waals surface area contributed by atoms with E-state index in [2.05, 4.69) is 0 Å². The lowest BCUT2D eigenvalue weighted by Crippen LogP contribution is -2.57. The average molecular weight is 189 g/mol. The van der Waals surface area contributed by atoms with Gasteiger partial charge >= 0.3 is 5.97 Å². The third-order valence-corrected chi connectivity index (χ3v) is 3.96. The van der Waals surface area contributed by atoms with Crippen molar-refractivity contribution in [3.63, 3.8) is 0 Å². The molecule has 12 heavy (non-hydrogen) atoms. The van der Waals surface area contributed by atoms with E-state index in [1.807, 2.05) is 13.8 Å². The summed E-state index contributed by atoms with van der Waals surface area (Å²) < 4.78 is 0. The van der Waals surface area contributed by atoms with E-state index in [0.29, 0.717) is 11.7 Å². The van der Waals surface area contributed by atoms with E-state index < -0.39 is 11.5 Å². The minimum absolute atomic E-state index is 0.0659. The molecule has 1 heterocycles.